The lowest BCUT2D eigenvalue weighted by molar-refractivity contribution is -0.165. The number of amides is 1. The highest BCUT2D eigenvalue weighted by molar-refractivity contribution is 7.99. The Hall–Kier alpha value is -2.30. The average molecular weight is 537 g/mol. The van der Waals surface area contributed by atoms with Crippen LogP contribution in [0.25, 0.3) is 0 Å². The van der Waals surface area contributed by atoms with Crippen LogP contribution in [0.1, 0.15) is 93.3 Å². The summed E-state index contributed by atoms with van der Waals surface area (Å²) in [6.45, 7) is 16.0. The monoisotopic (exact) mass is 536 g/mol. The number of carbonyl (C=O) groups excluding carboxylic acids is 3. The van der Waals surface area contributed by atoms with Crippen molar-refractivity contribution in [2.45, 2.75) is 120 Å². The highest BCUT2D eigenvalue weighted by Gasteiger charge is 2.77. The van der Waals surface area contributed by atoms with Gasteiger partial charge in [-0.2, -0.15) is 0 Å². The SMILES string of the molecule is CC(C)(C)OC(=O)N[C@@]1(C(=O)OC(C)(C)C)C[C@H](Sc2nnc(C3CC3)[nH]2)[C@H]2[C@H](C(=O)OC(C)(C)C)[C@H]21. The number of aromatic nitrogens is 3. The molecule has 0 bridgehead atoms. The Balaban J connectivity index is 1.66. The molecule has 5 atom stereocenters. The fourth-order valence-corrected chi connectivity index (χ4v) is 6.45. The third-order valence-electron chi connectivity index (χ3n) is 6.47. The van der Waals surface area contributed by atoms with E-state index in [9.17, 15) is 14.4 Å². The number of alkyl carbamates (subject to hydrolysis) is 1. The Labute approximate surface area is 222 Å². The first kappa shape index (κ1) is 27.7. The molecule has 3 aliphatic rings. The van der Waals surface area contributed by atoms with Gasteiger partial charge in [-0.1, -0.05) is 11.8 Å². The van der Waals surface area contributed by atoms with Gasteiger partial charge in [-0.05, 0) is 87.5 Å². The summed E-state index contributed by atoms with van der Waals surface area (Å²) < 4.78 is 17.1. The van der Waals surface area contributed by atoms with Crippen LogP contribution in [0.2, 0.25) is 0 Å². The maximum atomic E-state index is 13.8. The van der Waals surface area contributed by atoms with Crippen molar-refractivity contribution in [2.24, 2.45) is 17.8 Å². The molecular weight excluding hydrogens is 496 g/mol. The lowest BCUT2D eigenvalue weighted by Gasteiger charge is -2.35. The molecule has 11 heteroatoms. The molecule has 2 N–H and O–H groups in total. The van der Waals surface area contributed by atoms with Gasteiger partial charge >= 0.3 is 18.0 Å². The summed E-state index contributed by atoms with van der Waals surface area (Å²) >= 11 is 1.45. The molecule has 3 aliphatic carbocycles. The van der Waals surface area contributed by atoms with E-state index in [4.69, 9.17) is 14.2 Å². The van der Waals surface area contributed by atoms with Crippen molar-refractivity contribution >= 4 is 29.8 Å². The van der Waals surface area contributed by atoms with Gasteiger partial charge < -0.3 is 24.5 Å². The predicted octanol–water partition coefficient (Wildman–Crippen LogP) is 4.36. The molecule has 0 aliphatic heterocycles. The molecule has 1 aromatic rings. The van der Waals surface area contributed by atoms with Gasteiger partial charge in [0.25, 0.3) is 0 Å². The maximum Gasteiger partial charge on any atom is 0.408 e. The first-order valence-corrected chi connectivity index (χ1v) is 13.8. The molecule has 10 nitrogen and oxygen atoms in total. The minimum Gasteiger partial charge on any atom is -0.460 e. The van der Waals surface area contributed by atoms with Crippen LogP contribution in [-0.4, -0.2) is 60.8 Å². The van der Waals surface area contributed by atoms with Gasteiger partial charge in [-0.25, -0.2) is 9.59 Å². The van der Waals surface area contributed by atoms with Crippen molar-refractivity contribution in [1.82, 2.24) is 20.5 Å². The van der Waals surface area contributed by atoms with Crippen LogP contribution in [-0.2, 0) is 23.8 Å². The molecule has 206 valence electrons. The van der Waals surface area contributed by atoms with E-state index in [1.165, 1.54) is 11.8 Å². The molecule has 3 saturated carbocycles. The van der Waals surface area contributed by atoms with Crippen molar-refractivity contribution in [3.63, 3.8) is 0 Å². The number of H-pyrrole nitrogens is 1. The third kappa shape index (κ3) is 6.41. The minimum atomic E-state index is -1.45. The molecule has 3 fully saturated rings. The summed E-state index contributed by atoms with van der Waals surface area (Å²) in [6.07, 6.45) is 1.72. The van der Waals surface area contributed by atoms with E-state index >= 15 is 0 Å². The number of hydrogen-bond donors (Lipinski definition) is 2. The Morgan fingerprint density at radius 2 is 1.51 bits per heavy atom. The molecule has 4 rings (SSSR count). The zero-order valence-corrected chi connectivity index (χ0v) is 24.1. The molecular formula is C26H40N4O6S. The Morgan fingerprint density at radius 1 is 0.919 bits per heavy atom. The summed E-state index contributed by atoms with van der Waals surface area (Å²) in [5.74, 6) is -0.956. The summed E-state index contributed by atoms with van der Waals surface area (Å²) in [5, 5.41) is 11.9. The highest BCUT2D eigenvalue weighted by Crippen LogP contribution is 2.66. The second kappa shape index (κ2) is 9.17. The second-order valence-electron chi connectivity index (χ2n) is 13.4. The number of nitrogens with zero attached hydrogens (tertiary/aromatic N) is 2. The predicted molar refractivity (Wildman–Crippen MR) is 137 cm³/mol. The minimum absolute atomic E-state index is 0.204. The number of aromatic amines is 1. The van der Waals surface area contributed by atoms with Gasteiger partial charge in [-0.15, -0.1) is 10.2 Å². The molecule has 0 spiro atoms. The molecule has 37 heavy (non-hydrogen) atoms. The molecule has 0 aromatic carbocycles. The normalized spacial score (nSPS) is 29.3. The number of nitrogens with one attached hydrogen (secondary N) is 2. The number of carbonyl (C=O) groups is 3. The first-order valence-electron chi connectivity index (χ1n) is 13.0. The topological polar surface area (TPSA) is 132 Å². The molecule has 0 unspecified atom stereocenters. The van der Waals surface area contributed by atoms with Crippen molar-refractivity contribution in [1.29, 1.82) is 0 Å². The van der Waals surface area contributed by atoms with E-state index in [0.29, 0.717) is 11.1 Å². The van der Waals surface area contributed by atoms with Gasteiger partial charge in [0, 0.05) is 17.1 Å². The van der Waals surface area contributed by atoms with Gasteiger partial charge in [0.05, 0.1) is 5.92 Å². The number of fused-ring (bicyclic) bond motifs is 1. The number of ether oxygens (including phenoxy) is 3. The Morgan fingerprint density at radius 3 is 2.05 bits per heavy atom. The van der Waals surface area contributed by atoms with Crippen molar-refractivity contribution in [3.8, 4) is 0 Å². The van der Waals surface area contributed by atoms with Crippen LogP contribution in [0.5, 0.6) is 0 Å². The van der Waals surface area contributed by atoms with E-state index in [0.717, 1.165) is 18.7 Å². The van der Waals surface area contributed by atoms with Crippen LogP contribution >= 0.6 is 11.8 Å². The lowest BCUT2D eigenvalue weighted by Crippen LogP contribution is -2.59. The molecule has 1 heterocycles. The van der Waals surface area contributed by atoms with Crippen LogP contribution < -0.4 is 5.32 Å². The maximum absolute atomic E-state index is 13.8. The van der Waals surface area contributed by atoms with E-state index in [-0.39, 0.29) is 23.6 Å². The summed E-state index contributed by atoms with van der Waals surface area (Å²) in [4.78, 5) is 43.4. The Bertz CT molecular complexity index is 1060. The van der Waals surface area contributed by atoms with Gasteiger partial charge in [0.1, 0.15) is 28.2 Å². The summed E-state index contributed by atoms with van der Waals surface area (Å²) in [7, 11) is 0. The Kier molecular flexibility index (Phi) is 6.87. The van der Waals surface area contributed by atoms with Crippen LogP contribution in [0.3, 0.4) is 0 Å². The quantitative estimate of drug-likeness (QED) is 0.402. The third-order valence-corrected chi connectivity index (χ3v) is 7.66. The highest BCUT2D eigenvalue weighted by atomic mass is 32.2. The lowest BCUT2D eigenvalue weighted by atomic mass is 9.89. The van der Waals surface area contributed by atoms with E-state index in [1.54, 1.807) is 41.5 Å². The number of hydrogen-bond acceptors (Lipinski definition) is 9. The second-order valence-corrected chi connectivity index (χ2v) is 14.6. The van der Waals surface area contributed by atoms with Gasteiger partial charge in [0.2, 0.25) is 0 Å². The van der Waals surface area contributed by atoms with Crippen molar-refractivity contribution in [3.05, 3.63) is 5.82 Å². The molecule has 0 radical (unpaired) electrons. The van der Waals surface area contributed by atoms with Crippen LogP contribution in [0, 0.1) is 17.8 Å². The number of thioether (sulfide) groups is 1. The zero-order valence-electron chi connectivity index (χ0n) is 23.3. The van der Waals surface area contributed by atoms with E-state index in [2.05, 4.69) is 20.5 Å². The van der Waals surface area contributed by atoms with E-state index in [1.807, 2.05) is 20.8 Å². The van der Waals surface area contributed by atoms with E-state index < -0.39 is 46.2 Å². The number of rotatable bonds is 6. The van der Waals surface area contributed by atoms with Crippen LogP contribution in [0.15, 0.2) is 5.16 Å². The number of esters is 2. The zero-order chi connectivity index (χ0) is 27.6. The largest absolute Gasteiger partial charge is 0.460 e. The fourth-order valence-electron chi connectivity index (χ4n) is 5.07. The van der Waals surface area contributed by atoms with Crippen molar-refractivity contribution < 1.29 is 28.6 Å². The van der Waals surface area contributed by atoms with Gasteiger partial charge in [0.15, 0.2) is 5.16 Å². The standard InChI is InChI=1S/C26H40N4O6S/c1-23(2,3)34-19(31)16-15-14(37-21-27-18(29-30-21)13-10-11-13)12-26(17(15)16,20(32)35-24(4,5)6)28-22(33)36-25(7,8)9/h13-17H,10-12H2,1-9H3,(H,28,33)(H,27,29,30)/t14-,15-,16-,17-,26-/m0/s1. The smallest absolute Gasteiger partial charge is 0.408 e. The summed E-state index contributed by atoms with van der Waals surface area (Å²) in [6, 6.07) is 0. The first-order chi connectivity index (χ1) is 16.9. The summed E-state index contributed by atoms with van der Waals surface area (Å²) in [5.41, 5.74) is -3.69. The van der Waals surface area contributed by atoms with Crippen LogP contribution in [0.4, 0.5) is 4.79 Å². The molecule has 0 saturated heterocycles. The molecule has 1 amide bonds. The van der Waals surface area contributed by atoms with Gasteiger partial charge in [-0.3, -0.25) is 4.79 Å². The molecule has 1 aromatic heterocycles. The fraction of sp³-hybridized carbons (Fsp3) is 0.808. The van der Waals surface area contributed by atoms with Crippen molar-refractivity contribution in [2.75, 3.05) is 0 Å². The average Bonchev–Trinajstić information content (AvgIpc) is 3.58.